The first-order valence-corrected chi connectivity index (χ1v) is 6.57. The molecule has 0 aromatic carbocycles. The largest absolute Gasteiger partial charge is 0.359 e. The third kappa shape index (κ3) is 2.94. The molecule has 0 amide bonds. The highest BCUT2D eigenvalue weighted by Crippen LogP contribution is 2.25. The number of aryl methyl sites for hydroxylation is 1. The lowest BCUT2D eigenvalue weighted by Crippen LogP contribution is -2.24. The molecule has 0 saturated carbocycles. The van der Waals surface area contributed by atoms with E-state index in [4.69, 9.17) is 5.73 Å². The molecular formula is C13H22N4. The average Bonchev–Trinajstić information content (AvgIpc) is 2.60. The van der Waals surface area contributed by atoms with Crippen LogP contribution in [0.15, 0.2) is 6.33 Å². The van der Waals surface area contributed by atoms with Crippen LogP contribution in [0.2, 0.25) is 0 Å². The molecule has 0 radical (unpaired) electrons. The molecule has 2 rings (SSSR count). The zero-order valence-corrected chi connectivity index (χ0v) is 10.7. The molecule has 17 heavy (non-hydrogen) atoms. The summed E-state index contributed by atoms with van der Waals surface area (Å²) in [6.07, 6.45) is 8.78. The van der Waals surface area contributed by atoms with Gasteiger partial charge in [0.1, 0.15) is 12.1 Å². The number of rotatable bonds is 4. The predicted octanol–water partition coefficient (Wildman–Crippen LogP) is 1.53. The standard InChI is InChI=1S/C13H22N4/c1-17(9-5-8-14)13-11-6-3-2-4-7-12(11)15-10-16-13/h10H,2-9,14H2,1H3. The number of fused-ring (bicyclic) bond motifs is 1. The Labute approximate surface area is 103 Å². The van der Waals surface area contributed by atoms with Gasteiger partial charge in [0.15, 0.2) is 0 Å². The summed E-state index contributed by atoms with van der Waals surface area (Å²) in [5.74, 6) is 1.12. The van der Waals surface area contributed by atoms with Gasteiger partial charge in [0.2, 0.25) is 0 Å². The maximum Gasteiger partial charge on any atom is 0.135 e. The quantitative estimate of drug-likeness (QED) is 0.803. The number of anilines is 1. The van der Waals surface area contributed by atoms with Gasteiger partial charge in [-0.05, 0) is 38.6 Å². The highest BCUT2D eigenvalue weighted by Gasteiger charge is 2.16. The van der Waals surface area contributed by atoms with Crippen LogP contribution < -0.4 is 10.6 Å². The van der Waals surface area contributed by atoms with Crippen LogP contribution in [-0.2, 0) is 12.8 Å². The first-order chi connectivity index (χ1) is 8.33. The van der Waals surface area contributed by atoms with E-state index < -0.39 is 0 Å². The zero-order valence-electron chi connectivity index (χ0n) is 10.7. The van der Waals surface area contributed by atoms with Crippen LogP contribution in [0.5, 0.6) is 0 Å². The number of aromatic nitrogens is 2. The SMILES string of the molecule is CN(CCCN)c1ncnc2c1CCCCC2. The fourth-order valence-electron chi connectivity index (χ4n) is 2.44. The monoisotopic (exact) mass is 234 g/mol. The fourth-order valence-corrected chi connectivity index (χ4v) is 2.44. The Bertz CT molecular complexity index is 364. The van der Waals surface area contributed by atoms with E-state index in [9.17, 15) is 0 Å². The van der Waals surface area contributed by atoms with Crippen LogP contribution in [0.1, 0.15) is 36.9 Å². The summed E-state index contributed by atoms with van der Waals surface area (Å²) < 4.78 is 0. The summed E-state index contributed by atoms with van der Waals surface area (Å²) in [5.41, 5.74) is 8.18. The second kappa shape index (κ2) is 5.96. The van der Waals surface area contributed by atoms with Crippen molar-refractivity contribution >= 4 is 5.82 Å². The van der Waals surface area contributed by atoms with Crippen LogP contribution in [0.4, 0.5) is 5.82 Å². The maximum absolute atomic E-state index is 5.56. The minimum atomic E-state index is 0.734. The Hall–Kier alpha value is -1.16. The van der Waals surface area contributed by atoms with Crippen LogP contribution in [0.25, 0.3) is 0 Å². The van der Waals surface area contributed by atoms with Gasteiger partial charge in [-0.15, -0.1) is 0 Å². The second-order valence-electron chi connectivity index (χ2n) is 4.75. The molecule has 0 fully saturated rings. The van der Waals surface area contributed by atoms with Gasteiger partial charge in [0.25, 0.3) is 0 Å². The van der Waals surface area contributed by atoms with Gasteiger partial charge < -0.3 is 10.6 Å². The van der Waals surface area contributed by atoms with E-state index in [-0.39, 0.29) is 0 Å². The molecule has 0 atom stereocenters. The molecule has 1 aliphatic carbocycles. The molecule has 1 aliphatic rings. The molecule has 1 aromatic heterocycles. The van der Waals surface area contributed by atoms with Crippen molar-refractivity contribution in [2.24, 2.45) is 5.73 Å². The average molecular weight is 234 g/mol. The molecular weight excluding hydrogens is 212 g/mol. The van der Waals surface area contributed by atoms with E-state index in [0.29, 0.717) is 0 Å². The first-order valence-electron chi connectivity index (χ1n) is 6.57. The molecule has 1 aromatic rings. The van der Waals surface area contributed by atoms with Crippen molar-refractivity contribution in [3.63, 3.8) is 0 Å². The molecule has 4 nitrogen and oxygen atoms in total. The van der Waals surface area contributed by atoms with E-state index in [0.717, 1.165) is 38.2 Å². The Balaban J connectivity index is 2.21. The lowest BCUT2D eigenvalue weighted by Gasteiger charge is -2.21. The summed E-state index contributed by atoms with van der Waals surface area (Å²) in [5, 5.41) is 0. The third-order valence-corrected chi connectivity index (χ3v) is 3.41. The summed E-state index contributed by atoms with van der Waals surface area (Å²) in [4.78, 5) is 11.1. The fraction of sp³-hybridized carbons (Fsp3) is 0.692. The summed E-state index contributed by atoms with van der Waals surface area (Å²) in [7, 11) is 2.10. The molecule has 0 unspecified atom stereocenters. The maximum atomic E-state index is 5.56. The normalized spacial score (nSPS) is 15.2. The van der Waals surface area contributed by atoms with Crippen LogP contribution in [0, 0.1) is 0 Å². The van der Waals surface area contributed by atoms with Crippen molar-refractivity contribution in [3.05, 3.63) is 17.6 Å². The number of nitrogens with two attached hydrogens (primary N) is 1. The highest BCUT2D eigenvalue weighted by molar-refractivity contribution is 5.48. The van der Waals surface area contributed by atoms with Gasteiger partial charge in [-0.1, -0.05) is 6.42 Å². The van der Waals surface area contributed by atoms with Gasteiger partial charge in [-0.25, -0.2) is 9.97 Å². The molecule has 0 bridgehead atoms. The van der Waals surface area contributed by atoms with Crippen molar-refractivity contribution in [1.82, 2.24) is 9.97 Å². The molecule has 2 N–H and O–H groups in total. The Kier molecular flexibility index (Phi) is 4.31. The molecule has 0 saturated heterocycles. The predicted molar refractivity (Wildman–Crippen MR) is 70.2 cm³/mol. The molecule has 0 spiro atoms. The Morgan fingerprint density at radius 3 is 2.88 bits per heavy atom. The second-order valence-corrected chi connectivity index (χ2v) is 4.75. The number of hydrogen-bond donors (Lipinski definition) is 1. The van der Waals surface area contributed by atoms with Crippen molar-refractivity contribution in [2.45, 2.75) is 38.5 Å². The van der Waals surface area contributed by atoms with Crippen molar-refractivity contribution in [1.29, 1.82) is 0 Å². The Morgan fingerprint density at radius 1 is 1.24 bits per heavy atom. The lowest BCUT2D eigenvalue weighted by molar-refractivity contribution is 0.708. The Morgan fingerprint density at radius 2 is 2.06 bits per heavy atom. The number of nitrogens with zero attached hydrogens (tertiary/aromatic N) is 3. The molecule has 1 heterocycles. The van der Waals surface area contributed by atoms with E-state index in [1.165, 1.54) is 30.5 Å². The summed E-state index contributed by atoms with van der Waals surface area (Å²) in [6.45, 7) is 1.71. The van der Waals surface area contributed by atoms with Gasteiger partial charge in [0.05, 0.1) is 0 Å². The van der Waals surface area contributed by atoms with Crippen molar-refractivity contribution < 1.29 is 0 Å². The minimum Gasteiger partial charge on any atom is -0.359 e. The smallest absolute Gasteiger partial charge is 0.135 e. The van der Waals surface area contributed by atoms with Crippen molar-refractivity contribution in [2.75, 3.05) is 25.0 Å². The first kappa shape index (κ1) is 12.3. The summed E-state index contributed by atoms with van der Waals surface area (Å²) in [6, 6.07) is 0. The zero-order chi connectivity index (χ0) is 12.1. The molecule has 0 aliphatic heterocycles. The van der Waals surface area contributed by atoms with Crippen LogP contribution in [0.3, 0.4) is 0 Å². The summed E-state index contributed by atoms with van der Waals surface area (Å²) >= 11 is 0. The van der Waals surface area contributed by atoms with Crippen molar-refractivity contribution in [3.8, 4) is 0 Å². The minimum absolute atomic E-state index is 0.734. The molecule has 94 valence electrons. The van der Waals surface area contributed by atoms with Crippen LogP contribution in [-0.4, -0.2) is 30.1 Å². The highest BCUT2D eigenvalue weighted by atomic mass is 15.2. The molecule has 4 heteroatoms. The number of hydrogen-bond acceptors (Lipinski definition) is 4. The van der Waals surface area contributed by atoms with E-state index in [1.54, 1.807) is 6.33 Å². The van der Waals surface area contributed by atoms with E-state index >= 15 is 0 Å². The third-order valence-electron chi connectivity index (χ3n) is 3.41. The topological polar surface area (TPSA) is 55.0 Å². The van der Waals surface area contributed by atoms with Gasteiger partial charge >= 0.3 is 0 Å². The van der Waals surface area contributed by atoms with E-state index in [1.807, 2.05) is 0 Å². The van der Waals surface area contributed by atoms with Crippen LogP contribution >= 0.6 is 0 Å². The van der Waals surface area contributed by atoms with Gasteiger partial charge in [-0.3, -0.25) is 0 Å². The lowest BCUT2D eigenvalue weighted by atomic mass is 10.1. The van der Waals surface area contributed by atoms with E-state index in [2.05, 4.69) is 21.9 Å². The van der Waals surface area contributed by atoms with Gasteiger partial charge in [0, 0.05) is 24.8 Å². The van der Waals surface area contributed by atoms with Gasteiger partial charge in [-0.2, -0.15) is 0 Å².